The van der Waals surface area contributed by atoms with Gasteiger partial charge in [-0.15, -0.1) is 11.6 Å². The molecule has 0 aromatic carbocycles. The van der Waals surface area contributed by atoms with Crippen molar-refractivity contribution in [3.05, 3.63) is 0 Å². The van der Waals surface area contributed by atoms with Crippen molar-refractivity contribution in [3.63, 3.8) is 0 Å². The van der Waals surface area contributed by atoms with Crippen LogP contribution >= 0.6 is 11.6 Å². The Labute approximate surface area is 88.4 Å². The van der Waals surface area contributed by atoms with Crippen molar-refractivity contribution in [1.29, 1.82) is 0 Å². The van der Waals surface area contributed by atoms with Gasteiger partial charge >= 0.3 is 6.03 Å². The predicted octanol–water partition coefficient (Wildman–Crippen LogP) is 1.24. The highest BCUT2D eigenvalue weighted by molar-refractivity contribution is 6.31. The third-order valence-electron chi connectivity index (χ3n) is 2.42. The zero-order valence-corrected chi connectivity index (χ0v) is 9.31. The molecule has 1 aliphatic rings. The second kappa shape index (κ2) is 3.77. The van der Waals surface area contributed by atoms with E-state index in [9.17, 15) is 9.59 Å². The molecule has 0 heterocycles. The van der Waals surface area contributed by atoms with Gasteiger partial charge in [-0.2, -0.15) is 0 Å². The maximum atomic E-state index is 11.2. The summed E-state index contributed by atoms with van der Waals surface area (Å²) in [6.07, 6.45) is 0.949. The first kappa shape index (κ1) is 11.3. The first-order chi connectivity index (χ1) is 6.33. The largest absolute Gasteiger partial charge is 0.335 e. The molecule has 5 heteroatoms. The number of alkyl halides is 1. The van der Waals surface area contributed by atoms with Crippen molar-refractivity contribution in [1.82, 2.24) is 10.6 Å². The summed E-state index contributed by atoms with van der Waals surface area (Å²) in [7, 11) is 0. The van der Waals surface area contributed by atoms with Crippen LogP contribution in [-0.4, -0.2) is 23.4 Å². The molecule has 1 aliphatic carbocycles. The molecule has 1 fully saturated rings. The summed E-state index contributed by atoms with van der Waals surface area (Å²) in [5.41, 5.74) is 0.160. The average molecular weight is 219 g/mol. The lowest BCUT2D eigenvalue weighted by Gasteiger charge is -2.08. The number of hydrogen-bond acceptors (Lipinski definition) is 2. The standard InChI is InChI=1S/C9H15ClN2O2/c1-5(10)7(13)12-8(14)11-6-4-9(6,2)3/h5-6H,4H2,1-3H3,(H2,11,12,13,14). The van der Waals surface area contributed by atoms with E-state index >= 15 is 0 Å². The van der Waals surface area contributed by atoms with Gasteiger partial charge in [0, 0.05) is 6.04 Å². The molecular formula is C9H15ClN2O2. The van der Waals surface area contributed by atoms with Crippen LogP contribution < -0.4 is 10.6 Å². The van der Waals surface area contributed by atoms with Crippen molar-refractivity contribution >= 4 is 23.5 Å². The molecule has 0 saturated heterocycles. The van der Waals surface area contributed by atoms with Crippen molar-refractivity contribution in [2.75, 3.05) is 0 Å². The van der Waals surface area contributed by atoms with Gasteiger partial charge < -0.3 is 5.32 Å². The molecule has 4 nitrogen and oxygen atoms in total. The van der Waals surface area contributed by atoms with Crippen LogP contribution in [0, 0.1) is 5.41 Å². The zero-order chi connectivity index (χ0) is 10.9. The molecule has 0 spiro atoms. The van der Waals surface area contributed by atoms with E-state index in [-0.39, 0.29) is 11.5 Å². The lowest BCUT2D eigenvalue weighted by atomic mass is 10.2. The number of amides is 3. The molecule has 0 bridgehead atoms. The normalized spacial score (nSPS) is 25.0. The minimum absolute atomic E-state index is 0.160. The Kier molecular flexibility index (Phi) is 3.04. The highest BCUT2D eigenvalue weighted by Gasteiger charge is 2.46. The maximum Gasteiger partial charge on any atom is 0.321 e. The van der Waals surface area contributed by atoms with Gasteiger partial charge in [0.2, 0.25) is 5.91 Å². The van der Waals surface area contributed by atoms with E-state index in [2.05, 4.69) is 24.5 Å². The predicted molar refractivity (Wildman–Crippen MR) is 54.2 cm³/mol. The van der Waals surface area contributed by atoms with Crippen LogP contribution in [0.15, 0.2) is 0 Å². The minimum Gasteiger partial charge on any atom is -0.335 e. The van der Waals surface area contributed by atoms with Crippen molar-refractivity contribution in [2.24, 2.45) is 5.41 Å². The summed E-state index contributed by atoms with van der Waals surface area (Å²) < 4.78 is 0. The summed E-state index contributed by atoms with van der Waals surface area (Å²) in [6.45, 7) is 5.64. The fourth-order valence-corrected chi connectivity index (χ4v) is 1.17. The zero-order valence-electron chi connectivity index (χ0n) is 8.56. The number of carbonyl (C=O) groups is 2. The van der Waals surface area contributed by atoms with Gasteiger partial charge in [-0.1, -0.05) is 13.8 Å². The minimum atomic E-state index is -0.687. The number of urea groups is 1. The van der Waals surface area contributed by atoms with Crippen LogP contribution in [-0.2, 0) is 4.79 Å². The van der Waals surface area contributed by atoms with E-state index in [1.807, 2.05) is 0 Å². The number of imide groups is 1. The lowest BCUT2D eigenvalue weighted by molar-refractivity contribution is -0.119. The molecule has 0 aromatic rings. The van der Waals surface area contributed by atoms with E-state index in [0.717, 1.165) is 6.42 Å². The van der Waals surface area contributed by atoms with Crippen LogP contribution in [0.1, 0.15) is 27.2 Å². The monoisotopic (exact) mass is 218 g/mol. The summed E-state index contributed by atoms with van der Waals surface area (Å²) in [5, 5.41) is 4.18. The molecule has 2 N–H and O–H groups in total. The van der Waals surface area contributed by atoms with Gasteiger partial charge in [0.15, 0.2) is 0 Å². The van der Waals surface area contributed by atoms with Gasteiger partial charge in [-0.3, -0.25) is 10.1 Å². The molecule has 3 amide bonds. The third kappa shape index (κ3) is 2.87. The van der Waals surface area contributed by atoms with Crippen molar-refractivity contribution in [2.45, 2.75) is 38.6 Å². The number of nitrogens with one attached hydrogen (secondary N) is 2. The quantitative estimate of drug-likeness (QED) is 0.686. The van der Waals surface area contributed by atoms with E-state index in [0.29, 0.717) is 0 Å². The van der Waals surface area contributed by atoms with E-state index in [1.54, 1.807) is 0 Å². The molecule has 0 aromatic heterocycles. The first-order valence-electron chi connectivity index (χ1n) is 4.58. The van der Waals surface area contributed by atoms with Gasteiger partial charge in [-0.05, 0) is 18.8 Å². The van der Waals surface area contributed by atoms with Gasteiger partial charge in [0.1, 0.15) is 5.38 Å². The molecule has 0 radical (unpaired) electrons. The number of hydrogen-bond donors (Lipinski definition) is 2. The lowest BCUT2D eigenvalue weighted by Crippen LogP contribution is -2.43. The van der Waals surface area contributed by atoms with Crippen LogP contribution in [0.25, 0.3) is 0 Å². The highest BCUT2D eigenvalue weighted by atomic mass is 35.5. The summed E-state index contributed by atoms with van der Waals surface area (Å²) in [6, 6.07) is -0.293. The third-order valence-corrected chi connectivity index (χ3v) is 2.61. The van der Waals surface area contributed by atoms with Crippen LogP contribution in [0.4, 0.5) is 4.79 Å². The Morgan fingerprint density at radius 2 is 2.00 bits per heavy atom. The molecule has 2 atom stereocenters. The second-order valence-corrected chi connectivity index (χ2v) is 4.98. The van der Waals surface area contributed by atoms with Crippen LogP contribution in [0.3, 0.4) is 0 Å². The molecule has 1 saturated carbocycles. The van der Waals surface area contributed by atoms with Gasteiger partial charge in [0.25, 0.3) is 0 Å². The smallest absolute Gasteiger partial charge is 0.321 e. The Morgan fingerprint density at radius 1 is 1.50 bits per heavy atom. The summed E-state index contributed by atoms with van der Waals surface area (Å²) >= 11 is 5.49. The molecule has 1 rings (SSSR count). The number of halogens is 1. The van der Waals surface area contributed by atoms with E-state index in [4.69, 9.17) is 11.6 Å². The van der Waals surface area contributed by atoms with Gasteiger partial charge in [0.05, 0.1) is 0 Å². The van der Waals surface area contributed by atoms with Crippen molar-refractivity contribution < 1.29 is 9.59 Å². The van der Waals surface area contributed by atoms with E-state index in [1.165, 1.54) is 6.92 Å². The summed E-state index contributed by atoms with van der Waals surface area (Å²) in [5.74, 6) is -0.470. The molecular weight excluding hydrogens is 204 g/mol. The molecule has 0 aliphatic heterocycles. The van der Waals surface area contributed by atoms with Crippen LogP contribution in [0.5, 0.6) is 0 Å². The Morgan fingerprint density at radius 3 is 2.36 bits per heavy atom. The molecule has 14 heavy (non-hydrogen) atoms. The van der Waals surface area contributed by atoms with Crippen LogP contribution in [0.2, 0.25) is 0 Å². The maximum absolute atomic E-state index is 11.2. The topological polar surface area (TPSA) is 58.2 Å². The average Bonchev–Trinajstić information content (AvgIpc) is 2.57. The summed E-state index contributed by atoms with van der Waals surface area (Å²) in [4.78, 5) is 22.2. The number of carbonyl (C=O) groups excluding carboxylic acids is 2. The fraction of sp³-hybridized carbons (Fsp3) is 0.778. The Balaban J connectivity index is 2.27. The van der Waals surface area contributed by atoms with Crippen molar-refractivity contribution in [3.8, 4) is 0 Å². The SMILES string of the molecule is CC(Cl)C(=O)NC(=O)NC1CC1(C)C. The second-order valence-electron chi connectivity index (χ2n) is 4.32. The highest BCUT2D eigenvalue weighted by Crippen LogP contribution is 2.44. The first-order valence-corrected chi connectivity index (χ1v) is 5.02. The Bertz CT molecular complexity index is 264. The fourth-order valence-electron chi connectivity index (χ4n) is 1.12. The number of rotatable bonds is 2. The van der Waals surface area contributed by atoms with E-state index < -0.39 is 17.3 Å². The Hall–Kier alpha value is -0.770. The molecule has 80 valence electrons. The van der Waals surface area contributed by atoms with Gasteiger partial charge in [-0.25, -0.2) is 4.79 Å². The molecule has 2 unspecified atom stereocenters.